The summed E-state index contributed by atoms with van der Waals surface area (Å²) in [6.45, 7) is 5.14. The summed E-state index contributed by atoms with van der Waals surface area (Å²) >= 11 is 0. The van der Waals surface area contributed by atoms with Gasteiger partial charge in [0.05, 0.1) is 6.54 Å². The molecule has 8 heteroatoms. The Balaban J connectivity index is 2.60. The molecule has 0 saturated carbocycles. The van der Waals surface area contributed by atoms with E-state index in [0.29, 0.717) is 0 Å². The molecule has 8 nitrogen and oxygen atoms in total. The molecule has 0 fully saturated rings. The first-order chi connectivity index (χ1) is 8.20. The number of amides is 1. The van der Waals surface area contributed by atoms with E-state index in [-0.39, 0.29) is 18.2 Å². The largest absolute Gasteiger partial charge is 0.444 e. The van der Waals surface area contributed by atoms with Crippen LogP contribution in [0, 0.1) is 0 Å². The van der Waals surface area contributed by atoms with Crippen molar-refractivity contribution in [3.8, 4) is 0 Å². The fourth-order valence-electron chi connectivity index (χ4n) is 1.16. The smallest absolute Gasteiger partial charge is 0.410 e. The fraction of sp³-hybridized carbons (Fsp3) is 0.700. The molecule has 1 aromatic rings. The molecule has 100 valence electrons. The van der Waals surface area contributed by atoms with E-state index < -0.39 is 11.7 Å². The lowest BCUT2D eigenvalue weighted by atomic mass is 10.2. The normalized spacial score (nSPS) is 11.2. The molecule has 1 heterocycles. The van der Waals surface area contributed by atoms with Gasteiger partial charge in [0.25, 0.3) is 0 Å². The average Bonchev–Trinajstić information content (AvgIpc) is 2.61. The molecule has 1 aromatic heterocycles. The van der Waals surface area contributed by atoms with Crippen LogP contribution in [0.4, 0.5) is 4.79 Å². The SMILES string of the molecule is CN(CC(=O)c1nnnn1C)C(=O)OC(C)(C)C. The van der Waals surface area contributed by atoms with E-state index in [9.17, 15) is 9.59 Å². The predicted octanol–water partition coefficient (Wildman–Crippen LogP) is 0.260. The first-order valence-electron chi connectivity index (χ1n) is 5.40. The Morgan fingerprint density at radius 3 is 2.44 bits per heavy atom. The van der Waals surface area contributed by atoms with Crippen molar-refractivity contribution in [3.63, 3.8) is 0 Å². The number of carbonyl (C=O) groups is 2. The number of Topliss-reactive ketones (excluding diaryl/α,β-unsaturated/α-hetero) is 1. The second kappa shape index (κ2) is 5.11. The van der Waals surface area contributed by atoms with Gasteiger partial charge < -0.3 is 9.64 Å². The van der Waals surface area contributed by atoms with E-state index in [1.807, 2.05) is 0 Å². The van der Waals surface area contributed by atoms with Gasteiger partial charge in [-0.05, 0) is 31.2 Å². The minimum Gasteiger partial charge on any atom is -0.444 e. The molecule has 0 aliphatic rings. The van der Waals surface area contributed by atoms with Gasteiger partial charge in [0.1, 0.15) is 5.60 Å². The molecule has 0 bridgehead atoms. The molecule has 0 unspecified atom stereocenters. The predicted molar refractivity (Wildman–Crippen MR) is 62.0 cm³/mol. The average molecular weight is 255 g/mol. The molecule has 0 spiro atoms. The zero-order valence-corrected chi connectivity index (χ0v) is 11.2. The van der Waals surface area contributed by atoms with Crippen molar-refractivity contribution in [1.29, 1.82) is 0 Å². The number of aryl methyl sites for hydroxylation is 1. The maximum atomic E-state index is 11.8. The van der Waals surface area contributed by atoms with E-state index in [0.717, 1.165) is 0 Å². The highest BCUT2D eigenvalue weighted by Gasteiger charge is 2.23. The lowest BCUT2D eigenvalue weighted by Gasteiger charge is -2.24. The van der Waals surface area contributed by atoms with Crippen molar-refractivity contribution in [2.24, 2.45) is 7.05 Å². The van der Waals surface area contributed by atoms with Crippen LogP contribution >= 0.6 is 0 Å². The summed E-state index contributed by atoms with van der Waals surface area (Å²) in [5.74, 6) is -0.249. The molecule has 1 amide bonds. The third-order valence-electron chi connectivity index (χ3n) is 1.96. The van der Waals surface area contributed by atoms with Gasteiger partial charge in [-0.3, -0.25) is 4.79 Å². The molecule has 0 radical (unpaired) electrons. The summed E-state index contributed by atoms with van der Waals surface area (Å²) in [5, 5.41) is 10.5. The first kappa shape index (κ1) is 14.1. The van der Waals surface area contributed by atoms with Crippen LogP contribution in [-0.2, 0) is 11.8 Å². The van der Waals surface area contributed by atoms with Crippen molar-refractivity contribution >= 4 is 11.9 Å². The van der Waals surface area contributed by atoms with Gasteiger partial charge in [0, 0.05) is 14.1 Å². The van der Waals surface area contributed by atoms with Crippen molar-refractivity contribution < 1.29 is 14.3 Å². The number of carbonyl (C=O) groups excluding carboxylic acids is 2. The van der Waals surface area contributed by atoms with Gasteiger partial charge in [0.2, 0.25) is 11.6 Å². The lowest BCUT2D eigenvalue weighted by Crippen LogP contribution is -2.37. The summed E-state index contributed by atoms with van der Waals surface area (Å²) in [6, 6.07) is 0. The first-order valence-corrected chi connectivity index (χ1v) is 5.40. The monoisotopic (exact) mass is 255 g/mol. The van der Waals surface area contributed by atoms with Crippen molar-refractivity contribution in [1.82, 2.24) is 25.1 Å². The number of likely N-dealkylation sites (N-methyl/N-ethyl adjacent to an activating group) is 1. The second-order valence-corrected chi connectivity index (χ2v) is 4.89. The second-order valence-electron chi connectivity index (χ2n) is 4.89. The Bertz CT molecular complexity index is 449. The van der Waals surface area contributed by atoms with Crippen LogP contribution in [0.15, 0.2) is 0 Å². The molecule has 1 rings (SSSR count). The number of hydrogen-bond acceptors (Lipinski definition) is 6. The van der Waals surface area contributed by atoms with Gasteiger partial charge in [-0.15, -0.1) is 5.10 Å². The van der Waals surface area contributed by atoms with E-state index in [2.05, 4.69) is 15.5 Å². The standard InChI is InChI=1S/C10H17N5O3/c1-10(2,3)18-9(17)14(4)6-7(16)8-11-12-13-15(8)5/h6H2,1-5H3. The quantitative estimate of drug-likeness (QED) is 0.719. The number of hydrogen-bond donors (Lipinski definition) is 0. The van der Waals surface area contributed by atoms with Crippen LogP contribution in [-0.4, -0.2) is 56.2 Å². The number of ether oxygens (including phenoxy) is 1. The highest BCUT2D eigenvalue weighted by molar-refractivity contribution is 5.95. The summed E-state index contributed by atoms with van der Waals surface area (Å²) in [6.07, 6.45) is -0.564. The number of aromatic nitrogens is 4. The van der Waals surface area contributed by atoms with Crippen molar-refractivity contribution in [2.75, 3.05) is 13.6 Å². The number of ketones is 1. The zero-order valence-electron chi connectivity index (χ0n) is 11.2. The summed E-state index contributed by atoms with van der Waals surface area (Å²) in [7, 11) is 3.04. The third kappa shape index (κ3) is 3.79. The molecule has 0 saturated heterocycles. The van der Waals surface area contributed by atoms with Crippen LogP contribution in [0.1, 0.15) is 31.4 Å². The minimum absolute atomic E-state index is 0.102. The molecule has 0 atom stereocenters. The Labute approximate surface area is 105 Å². The summed E-state index contributed by atoms with van der Waals surface area (Å²) in [4.78, 5) is 24.6. The zero-order chi connectivity index (χ0) is 13.9. The molecular weight excluding hydrogens is 238 g/mol. The molecular formula is C10H17N5O3. The molecule has 0 N–H and O–H groups in total. The minimum atomic E-state index is -0.597. The van der Waals surface area contributed by atoms with Crippen LogP contribution in [0.25, 0.3) is 0 Å². The van der Waals surface area contributed by atoms with Crippen LogP contribution < -0.4 is 0 Å². The van der Waals surface area contributed by atoms with E-state index in [1.165, 1.54) is 16.6 Å². The maximum absolute atomic E-state index is 11.8. The van der Waals surface area contributed by atoms with Crippen LogP contribution in [0.3, 0.4) is 0 Å². The van der Waals surface area contributed by atoms with Gasteiger partial charge in [-0.2, -0.15) is 0 Å². The lowest BCUT2D eigenvalue weighted by molar-refractivity contribution is 0.0293. The Hall–Kier alpha value is -1.99. The van der Waals surface area contributed by atoms with E-state index in [1.54, 1.807) is 27.8 Å². The Morgan fingerprint density at radius 1 is 1.39 bits per heavy atom. The van der Waals surface area contributed by atoms with E-state index >= 15 is 0 Å². The van der Waals surface area contributed by atoms with Gasteiger partial charge >= 0.3 is 6.09 Å². The number of nitrogens with zero attached hydrogens (tertiary/aromatic N) is 5. The maximum Gasteiger partial charge on any atom is 0.410 e. The van der Waals surface area contributed by atoms with Crippen LogP contribution in [0.5, 0.6) is 0 Å². The van der Waals surface area contributed by atoms with E-state index in [4.69, 9.17) is 4.74 Å². The third-order valence-corrected chi connectivity index (χ3v) is 1.96. The molecule has 0 aliphatic heterocycles. The molecule has 0 aliphatic carbocycles. The highest BCUT2D eigenvalue weighted by Crippen LogP contribution is 2.09. The van der Waals surface area contributed by atoms with Crippen molar-refractivity contribution in [2.45, 2.75) is 26.4 Å². The molecule has 18 heavy (non-hydrogen) atoms. The number of rotatable bonds is 3. The number of tetrazole rings is 1. The van der Waals surface area contributed by atoms with Gasteiger partial charge in [-0.25, -0.2) is 9.48 Å². The summed E-state index contributed by atoms with van der Waals surface area (Å²) < 4.78 is 6.38. The Kier molecular flexibility index (Phi) is 4.00. The summed E-state index contributed by atoms with van der Waals surface area (Å²) in [5.41, 5.74) is -0.597. The topological polar surface area (TPSA) is 90.2 Å². The highest BCUT2D eigenvalue weighted by atomic mass is 16.6. The molecule has 0 aromatic carbocycles. The fourth-order valence-corrected chi connectivity index (χ4v) is 1.16. The van der Waals surface area contributed by atoms with Crippen LogP contribution in [0.2, 0.25) is 0 Å². The Morgan fingerprint density at radius 2 is 2.00 bits per heavy atom. The van der Waals surface area contributed by atoms with Crippen molar-refractivity contribution in [3.05, 3.63) is 5.82 Å². The van der Waals surface area contributed by atoms with Gasteiger partial charge in [-0.1, -0.05) is 0 Å². The van der Waals surface area contributed by atoms with Gasteiger partial charge in [0.15, 0.2) is 0 Å².